The molecule has 0 aliphatic carbocycles. The van der Waals surface area contributed by atoms with Gasteiger partial charge in [0.25, 0.3) is 0 Å². The molecule has 1 aromatic heterocycles. The summed E-state index contributed by atoms with van der Waals surface area (Å²) in [7, 11) is 0. The Morgan fingerprint density at radius 2 is 1.67 bits per heavy atom. The molecule has 6 rings (SSSR count). The van der Waals surface area contributed by atoms with Crippen molar-refractivity contribution in [3.05, 3.63) is 131 Å². The predicted octanol–water partition coefficient (Wildman–Crippen LogP) is 8.18. The fourth-order valence-corrected chi connectivity index (χ4v) is 6.16. The molecule has 0 saturated carbocycles. The summed E-state index contributed by atoms with van der Waals surface area (Å²) < 4.78 is 8.51. The molecule has 5 nitrogen and oxygen atoms in total. The number of aryl methyl sites for hydroxylation is 1. The zero-order valence-electron chi connectivity index (χ0n) is 24.6. The minimum atomic E-state index is -0.148. The highest BCUT2D eigenvalue weighted by molar-refractivity contribution is 6.30. The Labute approximate surface area is 259 Å². The molecule has 220 valence electrons. The molecule has 1 amide bonds. The van der Waals surface area contributed by atoms with Crippen LogP contribution in [0.2, 0.25) is 5.02 Å². The number of fused-ring (bicyclic) bond motifs is 1. The fourth-order valence-electron chi connectivity index (χ4n) is 6.03. The van der Waals surface area contributed by atoms with Gasteiger partial charge in [-0.15, -0.1) is 0 Å². The quantitative estimate of drug-likeness (QED) is 0.168. The smallest absolute Gasteiger partial charge is 0.220 e. The molecule has 43 heavy (non-hydrogen) atoms. The molecule has 1 saturated heterocycles. The normalized spacial score (nSPS) is 14.2. The first-order chi connectivity index (χ1) is 21.0. The van der Waals surface area contributed by atoms with Gasteiger partial charge in [-0.3, -0.25) is 4.79 Å². The third-order valence-corrected chi connectivity index (χ3v) is 8.57. The lowest BCUT2D eigenvalue weighted by Crippen LogP contribution is -2.34. The van der Waals surface area contributed by atoms with Gasteiger partial charge in [0, 0.05) is 54.1 Å². The maximum Gasteiger partial charge on any atom is 0.220 e. The number of aromatic nitrogens is 1. The van der Waals surface area contributed by atoms with E-state index < -0.39 is 0 Å². The van der Waals surface area contributed by atoms with Crippen LogP contribution in [0.15, 0.2) is 103 Å². The standard InChI is InChI=1S/C37H38ClN3O2/c1-27-11-13-28(14-12-27)25-41-26-35(33-9-2-3-10-36(33)41)34(24-37(42)39-19-22-40-20-4-5-21-40)29-7-6-8-32(23-29)43-31-17-15-30(38)16-18-31/h2-3,6-18,23,26,34H,4-5,19-22,24-25H2,1H3,(H,39,42)/t34-/m0/s1. The average Bonchev–Trinajstić information content (AvgIpc) is 3.67. The maximum atomic E-state index is 13.5. The molecule has 5 aromatic rings. The van der Waals surface area contributed by atoms with Crippen molar-refractivity contribution in [2.24, 2.45) is 0 Å². The summed E-state index contributed by atoms with van der Waals surface area (Å²) in [6.07, 6.45) is 5.08. The Morgan fingerprint density at radius 1 is 0.907 bits per heavy atom. The van der Waals surface area contributed by atoms with Gasteiger partial charge in [0.15, 0.2) is 0 Å². The number of nitrogens with one attached hydrogen (secondary N) is 1. The molecular formula is C37H38ClN3O2. The minimum Gasteiger partial charge on any atom is -0.457 e. The third-order valence-electron chi connectivity index (χ3n) is 8.32. The second-order valence-corrected chi connectivity index (χ2v) is 11.9. The van der Waals surface area contributed by atoms with E-state index in [-0.39, 0.29) is 11.8 Å². The molecule has 1 atom stereocenters. The molecule has 6 heteroatoms. The molecule has 0 spiro atoms. The van der Waals surface area contributed by atoms with Gasteiger partial charge in [0.05, 0.1) is 0 Å². The highest BCUT2D eigenvalue weighted by atomic mass is 35.5. The zero-order chi connectivity index (χ0) is 29.6. The van der Waals surface area contributed by atoms with Crippen molar-refractivity contribution in [2.45, 2.75) is 38.6 Å². The number of para-hydroxylation sites is 1. The summed E-state index contributed by atoms with van der Waals surface area (Å²) in [5.74, 6) is 1.35. The lowest BCUT2D eigenvalue weighted by atomic mass is 9.88. The number of hydrogen-bond donors (Lipinski definition) is 1. The van der Waals surface area contributed by atoms with Crippen LogP contribution in [0.1, 0.15) is 47.4 Å². The lowest BCUT2D eigenvalue weighted by Gasteiger charge is -2.19. The Balaban J connectivity index is 1.32. The Morgan fingerprint density at radius 3 is 2.47 bits per heavy atom. The van der Waals surface area contributed by atoms with Crippen molar-refractivity contribution in [1.82, 2.24) is 14.8 Å². The Kier molecular flexibility index (Phi) is 9.11. The zero-order valence-corrected chi connectivity index (χ0v) is 25.4. The molecule has 1 aliphatic heterocycles. The first kappa shape index (κ1) is 29.0. The second-order valence-electron chi connectivity index (χ2n) is 11.5. The van der Waals surface area contributed by atoms with Crippen LogP contribution in [0, 0.1) is 6.92 Å². The SMILES string of the molecule is Cc1ccc(Cn2cc([C@@H](CC(=O)NCCN3CCCC3)c3cccc(Oc4ccc(Cl)cc4)c3)c3ccccc32)cc1. The van der Waals surface area contributed by atoms with Gasteiger partial charge in [-0.1, -0.05) is 71.8 Å². The number of benzene rings is 4. The highest BCUT2D eigenvalue weighted by Gasteiger charge is 2.24. The van der Waals surface area contributed by atoms with Crippen molar-refractivity contribution in [1.29, 1.82) is 0 Å². The predicted molar refractivity (Wildman–Crippen MR) is 175 cm³/mol. The van der Waals surface area contributed by atoms with Gasteiger partial charge in [0.1, 0.15) is 11.5 Å². The average molecular weight is 592 g/mol. The fraction of sp³-hybridized carbons (Fsp3) is 0.270. The van der Waals surface area contributed by atoms with Crippen molar-refractivity contribution in [3.8, 4) is 11.5 Å². The van der Waals surface area contributed by atoms with E-state index in [9.17, 15) is 4.79 Å². The minimum absolute atomic E-state index is 0.0589. The molecule has 0 unspecified atom stereocenters. The summed E-state index contributed by atoms with van der Waals surface area (Å²) in [5, 5.41) is 5.03. The molecule has 1 N–H and O–H groups in total. The summed E-state index contributed by atoms with van der Waals surface area (Å²) >= 11 is 6.08. The topological polar surface area (TPSA) is 46.5 Å². The van der Waals surface area contributed by atoms with Crippen molar-refractivity contribution in [2.75, 3.05) is 26.2 Å². The number of halogens is 1. The van der Waals surface area contributed by atoms with E-state index in [2.05, 4.69) is 88.6 Å². The molecule has 0 bridgehead atoms. The van der Waals surface area contributed by atoms with E-state index in [1.807, 2.05) is 36.4 Å². The Bertz CT molecular complexity index is 1670. The number of amides is 1. The van der Waals surface area contributed by atoms with Crippen LogP contribution < -0.4 is 10.1 Å². The van der Waals surface area contributed by atoms with Gasteiger partial charge in [-0.25, -0.2) is 0 Å². The van der Waals surface area contributed by atoms with Crippen LogP contribution in [0.25, 0.3) is 10.9 Å². The first-order valence-electron chi connectivity index (χ1n) is 15.2. The van der Waals surface area contributed by atoms with E-state index >= 15 is 0 Å². The van der Waals surface area contributed by atoms with Crippen LogP contribution in [-0.2, 0) is 11.3 Å². The van der Waals surface area contributed by atoms with Crippen LogP contribution in [0.4, 0.5) is 0 Å². The van der Waals surface area contributed by atoms with Crippen LogP contribution in [-0.4, -0.2) is 41.6 Å². The second kappa shape index (κ2) is 13.5. The van der Waals surface area contributed by atoms with Crippen LogP contribution in [0.3, 0.4) is 0 Å². The van der Waals surface area contributed by atoms with Crippen molar-refractivity contribution < 1.29 is 9.53 Å². The van der Waals surface area contributed by atoms with Crippen molar-refractivity contribution >= 4 is 28.4 Å². The van der Waals surface area contributed by atoms with E-state index in [4.69, 9.17) is 16.3 Å². The number of hydrogen-bond acceptors (Lipinski definition) is 3. The maximum absolute atomic E-state index is 13.5. The monoisotopic (exact) mass is 591 g/mol. The summed E-state index contributed by atoms with van der Waals surface area (Å²) in [4.78, 5) is 15.9. The van der Waals surface area contributed by atoms with E-state index in [0.717, 1.165) is 54.0 Å². The van der Waals surface area contributed by atoms with Gasteiger partial charge in [-0.05, 0) is 92.0 Å². The summed E-state index contributed by atoms with van der Waals surface area (Å²) in [6, 6.07) is 32.7. The van der Waals surface area contributed by atoms with Gasteiger partial charge >= 0.3 is 0 Å². The van der Waals surface area contributed by atoms with E-state index in [1.54, 1.807) is 0 Å². The van der Waals surface area contributed by atoms with Gasteiger partial charge in [0.2, 0.25) is 5.91 Å². The third kappa shape index (κ3) is 7.30. The number of carbonyl (C=O) groups is 1. The van der Waals surface area contributed by atoms with Gasteiger partial charge in [-0.2, -0.15) is 0 Å². The Hall–Kier alpha value is -4.06. The number of ether oxygens (including phenoxy) is 1. The van der Waals surface area contributed by atoms with Crippen LogP contribution in [0.5, 0.6) is 11.5 Å². The molecule has 0 radical (unpaired) electrons. The number of rotatable bonds is 11. The highest BCUT2D eigenvalue weighted by Crippen LogP contribution is 2.37. The van der Waals surface area contributed by atoms with Gasteiger partial charge < -0.3 is 19.5 Å². The lowest BCUT2D eigenvalue weighted by molar-refractivity contribution is -0.121. The largest absolute Gasteiger partial charge is 0.457 e. The molecule has 4 aromatic carbocycles. The number of likely N-dealkylation sites (tertiary alicyclic amines) is 1. The number of nitrogens with zero attached hydrogens (tertiary/aromatic N) is 2. The number of carbonyl (C=O) groups excluding carboxylic acids is 1. The molecule has 1 aliphatic rings. The summed E-state index contributed by atoms with van der Waals surface area (Å²) in [5.41, 5.74) is 5.83. The molecule has 1 fully saturated rings. The summed E-state index contributed by atoms with van der Waals surface area (Å²) in [6.45, 7) is 6.68. The molecular weight excluding hydrogens is 554 g/mol. The van der Waals surface area contributed by atoms with Crippen LogP contribution >= 0.6 is 11.6 Å². The van der Waals surface area contributed by atoms with E-state index in [0.29, 0.717) is 23.7 Å². The van der Waals surface area contributed by atoms with E-state index in [1.165, 1.54) is 24.0 Å². The first-order valence-corrected chi connectivity index (χ1v) is 15.6. The molecule has 2 heterocycles. The van der Waals surface area contributed by atoms with Crippen molar-refractivity contribution in [3.63, 3.8) is 0 Å².